The van der Waals surface area contributed by atoms with Crippen LogP contribution < -0.4 is 0 Å². The quantitative estimate of drug-likeness (QED) is 0.610. The summed E-state index contributed by atoms with van der Waals surface area (Å²) in [6.07, 6.45) is 4.05. The van der Waals surface area contributed by atoms with Gasteiger partial charge in [-0.2, -0.15) is 0 Å². The van der Waals surface area contributed by atoms with Crippen molar-refractivity contribution in [3.05, 3.63) is 29.3 Å². The van der Waals surface area contributed by atoms with E-state index >= 15 is 0 Å². The zero-order chi connectivity index (χ0) is 22.0. The van der Waals surface area contributed by atoms with Gasteiger partial charge in [-0.1, -0.05) is 25.0 Å². The van der Waals surface area contributed by atoms with Gasteiger partial charge in [-0.25, -0.2) is 13.4 Å². The average molecular weight is 465 g/mol. The first-order chi connectivity index (χ1) is 14.9. The molecule has 0 spiro atoms. The second kappa shape index (κ2) is 9.24. The van der Waals surface area contributed by atoms with E-state index in [0.717, 1.165) is 40.9 Å². The predicted molar refractivity (Wildman–Crippen MR) is 120 cm³/mol. The second-order valence-corrected chi connectivity index (χ2v) is 11.7. The molecule has 1 saturated carbocycles. The number of hydrogen-bond donors (Lipinski definition) is 0. The van der Waals surface area contributed by atoms with E-state index in [4.69, 9.17) is 9.72 Å². The van der Waals surface area contributed by atoms with E-state index in [1.807, 2.05) is 31.2 Å². The fourth-order valence-corrected chi connectivity index (χ4v) is 7.64. The number of thiazole rings is 1. The van der Waals surface area contributed by atoms with Crippen molar-refractivity contribution < 1.29 is 22.7 Å². The van der Waals surface area contributed by atoms with Gasteiger partial charge in [0.15, 0.2) is 16.4 Å². The molecule has 4 rings (SSSR count). The molecule has 7 nitrogen and oxygen atoms in total. The molecule has 2 aliphatic rings. The van der Waals surface area contributed by atoms with Crippen molar-refractivity contribution in [3.8, 4) is 0 Å². The summed E-state index contributed by atoms with van der Waals surface area (Å²) in [6, 6.07) is 7.63. The van der Waals surface area contributed by atoms with E-state index < -0.39 is 9.84 Å². The number of benzene rings is 1. The van der Waals surface area contributed by atoms with E-state index in [-0.39, 0.29) is 47.9 Å². The molecule has 1 amide bonds. The number of ether oxygens (including phenoxy) is 1. The summed E-state index contributed by atoms with van der Waals surface area (Å²) in [7, 11) is -3.09. The van der Waals surface area contributed by atoms with Crippen molar-refractivity contribution in [1.29, 1.82) is 0 Å². The van der Waals surface area contributed by atoms with Gasteiger partial charge in [0.2, 0.25) is 0 Å². The number of carbonyl (C=O) groups is 2. The molecule has 2 fully saturated rings. The van der Waals surface area contributed by atoms with Crippen LogP contribution in [0.15, 0.2) is 24.3 Å². The van der Waals surface area contributed by atoms with Gasteiger partial charge >= 0.3 is 5.97 Å². The highest BCUT2D eigenvalue weighted by molar-refractivity contribution is 7.91. The van der Waals surface area contributed by atoms with E-state index in [9.17, 15) is 18.0 Å². The predicted octanol–water partition coefficient (Wildman–Crippen LogP) is 3.15. The van der Waals surface area contributed by atoms with Gasteiger partial charge in [0.25, 0.3) is 5.91 Å². The van der Waals surface area contributed by atoms with Gasteiger partial charge in [-0.3, -0.25) is 9.59 Å². The number of fused-ring (bicyclic) bond motifs is 1. The van der Waals surface area contributed by atoms with Gasteiger partial charge in [-0.05, 0) is 38.3 Å². The Morgan fingerprint density at radius 1 is 1.19 bits per heavy atom. The summed E-state index contributed by atoms with van der Waals surface area (Å²) in [5.41, 5.74) is 0.945. The minimum absolute atomic E-state index is 0.0102. The molecule has 1 aromatic carbocycles. The van der Waals surface area contributed by atoms with Crippen molar-refractivity contribution in [3.63, 3.8) is 0 Å². The molecule has 9 heteroatoms. The molecule has 0 N–H and O–H groups in total. The van der Waals surface area contributed by atoms with E-state index in [2.05, 4.69) is 0 Å². The fourth-order valence-electron chi connectivity index (χ4n) is 4.74. The summed E-state index contributed by atoms with van der Waals surface area (Å²) in [5.74, 6) is -0.881. The molecule has 1 aliphatic heterocycles. The monoisotopic (exact) mass is 464 g/mol. The van der Waals surface area contributed by atoms with E-state index in [1.165, 1.54) is 4.90 Å². The smallest absolute Gasteiger partial charge is 0.310 e. The molecule has 168 valence electrons. The first-order valence-electron chi connectivity index (χ1n) is 10.9. The summed E-state index contributed by atoms with van der Waals surface area (Å²) < 4.78 is 30.1. The Kier molecular flexibility index (Phi) is 6.62. The number of para-hydroxylation sites is 1. The standard InChI is InChI=1S/C22H28N2O5S2/c1-2-24(15-11-12-31(27,28)14-15)20(25)13-29-22(26)17-8-4-3-7-16(17)21-23-18-9-5-6-10-19(18)30-21/h5-6,9-10,15-17H,2-4,7-8,11-14H2,1H3. The number of sulfone groups is 1. The summed E-state index contributed by atoms with van der Waals surface area (Å²) in [6.45, 7) is 1.87. The van der Waals surface area contributed by atoms with Crippen LogP contribution in [0.4, 0.5) is 0 Å². The topological polar surface area (TPSA) is 93.6 Å². The van der Waals surface area contributed by atoms with Gasteiger partial charge < -0.3 is 9.64 Å². The number of amides is 1. The Balaban J connectivity index is 1.41. The van der Waals surface area contributed by atoms with Crippen LogP contribution in [0.25, 0.3) is 10.2 Å². The number of rotatable bonds is 6. The lowest BCUT2D eigenvalue weighted by Crippen LogP contribution is -2.43. The maximum atomic E-state index is 12.9. The number of esters is 1. The lowest BCUT2D eigenvalue weighted by atomic mass is 9.79. The molecule has 0 bridgehead atoms. The van der Waals surface area contributed by atoms with Gasteiger partial charge in [0, 0.05) is 18.5 Å². The number of hydrogen-bond acceptors (Lipinski definition) is 7. The Morgan fingerprint density at radius 3 is 2.68 bits per heavy atom. The SMILES string of the molecule is CCN(C(=O)COC(=O)C1CCCCC1c1nc2ccccc2s1)C1CCS(=O)(=O)C1. The van der Waals surface area contributed by atoms with Gasteiger partial charge in [0.05, 0.1) is 32.6 Å². The molecule has 1 saturated heterocycles. The maximum absolute atomic E-state index is 12.9. The molecular weight excluding hydrogens is 436 g/mol. The first-order valence-corrected chi connectivity index (χ1v) is 13.5. The number of nitrogens with zero attached hydrogens (tertiary/aromatic N) is 2. The fraction of sp³-hybridized carbons (Fsp3) is 0.591. The molecule has 3 unspecified atom stereocenters. The third-order valence-corrected chi connectivity index (χ3v) is 9.26. The van der Waals surface area contributed by atoms with Crippen LogP contribution in [0.1, 0.15) is 50.0 Å². The van der Waals surface area contributed by atoms with Crippen molar-refractivity contribution in [2.45, 2.75) is 51.0 Å². The highest BCUT2D eigenvalue weighted by Gasteiger charge is 2.37. The summed E-state index contributed by atoms with van der Waals surface area (Å²) >= 11 is 1.62. The van der Waals surface area contributed by atoms with E-state index in [1.54, 1.807) is 11.3 Å². The Hall–Kier alpha value is -2.00. The van der Waals surface area contributed by atoms with Crippen molar-refractivity contribution in [2.75, 3.05) is 24.7 Å². The van der Waals surface area contributed by atoms with Gasteiger partial charge in [0.1, 0.15) is 0 Å². The molecule has 1 aromatic heterocycles. The zero-order valence-corrected chi connectivity index (χ0v) is 19.3. The molecule has 0 radical (unpaired) electrons. The van der Waals surface area contributed by atoms with Crippen LogP contribution in [-0.2, 0) is 24.2 Å². The van der Waals surface area contributed by atoms with Gasteiger partial charge in [-0.15, -0.1) is 11.3 Å². The van der Waals surface area contributed by atoms with E-state index in [0.29, 0.717) is 13.0 Å². The van der Waals surface area contributed by atoms with Crippen molar-refractivity contribution >= 4 is 43.3 Å². The van der Waals surface area contributed by atoms with Crippen LogP contribution in [0.2, 0.25) is 0 Å². The Morgan fingerprint density at radius 2 is 1.97 bits per heavy atom. The number of aromatic nitrogens is 1. The molecule has 2 heterocycles. The molecular formula is C22H28N2O5S2. The molecule has 1 aliphatic carbocycles. The van der Waals surface area contributed by atoms with Crippen LogP contribution in [-0.4, -0.2) is 60.9 Å². The highest BCUT2D eigenvalue weighted by Crippen LogP contribution is 2.41. The van der Waals surface area contributed by atoms with Crippen LogP contribution in [0.3, 0.4) is 0 Å². The highest BCUT2D eigenvalue weighted by atomic mass is 32.2. The molecule has 31 heavy (non-hydrogen) atoms. The zero-order valence-electron chi connectivity index (χ0n) is 17.7. The Bertz CT molecular complexity index is 1030. The number of carbonyl (C=O) groups excluding carboxylic acids is 2. The summed E-state index contributed by atoms with van der Waals surface area (Å²) in [5, 5.41) is 0.959. The largest absolute Gasteiger partial charge is 0.455 e. The normalized spacial score (nSPS) is 25.4. The lowest BCUT2D eigenvalue weighted by molar-refractivity contribution is -0.157. The lowest BCUT2D eigenvalue weighted by Gasteiger charge is -2.29. The van der Waals surface area contributed by atoms with Crippen molar-refractivity contribution in [2.24, 2.45) is 5.92 Å². The van der Waals surface area contributed by atoms with Crippen LogP contribution in [0.5, 0.6) is 0 Å². The third-order valence-electron chi connectivity index (χ3n) is 6.34. The average Bonchev–Trinajstić information content (AvgIpc) is 3.35. The maximum Gasteiger partial charge on any atom is 0.310 e. The van der Waals surface area contributed by atoms with Crippen LogP contribution >= 0.6 is 11.3 Å². The van der Waals surface area contributed by atoms with Crippen LogP contribution in [0, 0.1) is 5.92 Å². The third kappa shape index (κ3) is 4.92. The minimum Gasteiger partial charge on any atom is -0.455 e. The number of likely N-dealkylation sites (N-methyl/N-ethyl adjacent to an activating group) is 1. The first kappa shape index (κ1) is 22.2. The summed E-state index contributed by atoms with van der Waals surface area (Å²) in [4.78, 5) is 31.9. The molecule has 3 atom stereocenters. The minimum atomic E-state index is -3.09. The molecule has 2 aromatic rings. The second-order valence-electron chi connectivity index (χ2n) is 8.36. The Labute approximate surface area is 186 Å². The van der Waals surface area contributed by atoms with Crippen molar-refractivity contribution in [1.82, 2.24) is 9.88 Å².